The van der Waals surface area contributed by atoms with Gasteiger partial charge in [0.25, 0.3) is 5.92 Å². The van der Waals surface area contributed by atoms with Crippen LogP contribution in [0.3, 0.4) is 0 Å². The number of aliphatic hydroxyl groups excluding tert-OH is 1. The van der Waals surface area contributed by atoms with Crippen molar-refractivity contribution in [1.29, 1.82) is 0 Å². The summed E-state index contributed by atoms with van der Waals surface area (Å²) in [5.74, 6) is -3.51. The Balaban J connectivity index is 2.63. The van der Waals surface area contributed by atoms with Gasteiger partial charge in [0.1, 0.15) is 6.10 Å². The van der Waals surface area contributed by atoms with E-state index in [4.69, 9.17) is 5.11 Å². The molecular formula is C7H12F2O. The monoisotopic (exact) mass is 150 g/mol. The first-order valence-electron chi connectivity index (χ1n) is 3.61. The Morgan fingerprint density at radius 1 is 1.40 bits per heavy atom. The lowest BCUT2D eigenvalue weighted by Crippen LogP contribution is -2.42. The zero-order valence-electron chi connectivity index (χ0n) is 5.98. The van der Waals surface area contributed by atoms with Gasteiger partial charge >= 0.3 is 0 Å². The summed E-state index contributed by atoms with van der Waals surface area (Å²) in [5, 5.41) is 8.86. The highest BCUT2D eigenvalue weighted by molar-refractivity contribution is 4.86. The number of alkyl halides is 2. The van der Waals surface area contributed by atoms with Gasteiger partial charge in [0.15, 0.2) is 0 Å². The van der Waals surface area contributed by atoms with Gasteiger partial charge in [0, 0.05) is 5.92 Å². The van der Waals surface area contributed by atoms with E-state index >= 15 is 0 Å². The van der Waals surface area contributed by atoms with Gasteiger partial charge in [-0.25, -0.2) is 8.78 Å². The summed E-state index contributed by atoms with van der Waals surface area (Å²) in [6.07, 6.45) is 0.0931. The Kier molecular flexibility index (Phi) is 1.95. The van der Waals surface area contributed by atoms with E-state index in [2.05, 4.69) is 0 Å². The largest absolute Gasteiger partial charge is 0.387 e. The van der Waals surface area contributed by atoms with Crippen molar-refractivity contribution in [3.05, 3.63) is 0 Å². The fourth-order valence-corrected chi connectivity index (χ4v) is 1.33. The molecule has 1 rings (SSSR count). The Hall–Kier alpha value is -0.180. The van der Waals surface area contributed by atoms with Crippen molar-refractivity contribution < 1.29 is 13.9 Å². The van der Waals surface area contributed by atoms with E-state index in [0.717, 1.165) is 6.42 Å². The summed E-state index contributed by atoms with van der Waals surface area (Å²) in [6, 6.07) is 0. The second-order valence-corrected chi connectivity index (χ2v) is 3.02. The fraction of sp³-hybridized carbons (Fsp3) is 1.00. The van der Waals surface area contributed by atoms with Gasteiger partial charge in [-0.3, -0.25) is 0 Å². The molecule has 1 N–H and O–H groups in total. The second-order valence-electron chi connectivity index (χ2n) is 3.02. The van der Waals surface area contributed by atoms with Gasteiger partial charge in [0.2, 0.25) is 0 Å². The topological polar surface area (TPSA) is 20.2 Å². The molecule has 60 valence electrons. The van der Waals surface area contributed by atoms with Crippen LogP contribution in [-0.2, 0) is 0 Å². The molecule has 0 spiro atoms. The fourth-order valence-electron chi connectivity index (χ4n) is 1.33. The lowest BCUT2D eigenvalue weighted by atomic mass is 9.85. The van der Waals surface area contributed by atoms with Crippen LogP contribution in [0.2, 0.25) is 0 Å². The van der Waals surface area contributed by atoms with Gasteiger partial charge in [-0.1, -0.05) is 13.3 Å². The van der Waals surface area contributed by atoms with Crippen LogP contribution in [0.25, 0.3) is 0 Å². The van der Waals surface area contributed by atoms with E-state index in [0.29, 0.717) is 6.42 Å². The molecule has 1 saturated carbocycles. The quantitative estimate of drug-likeness (QED) is 0.558. The predicted octanol–water partition coefficient (Wildman–Crippen LogP) is 1.80. The highest BCUT2D eigenvalue weighted by atomic mass is 19.3. The second kappa shape index (κ2) is 2.46. The molecule has 2 atom stereocenters. The minimum atomic E-state index is -2.85. The van der Waals surface area contributed by atoms with Gasteiger partial charge in [-0.2, -0.15) is 0 Å². The third-order valence-electron chi connectivity index (χ3n) is 2.22. The Morgan fingerprint density at radius 2 is 2.00 bits per heavy atom. The number of aliphatic hydroxyl groups is 1. The number of rotatable bonds is 0. The van der Waals surface area contributed by atoms with E-state index in [9.17, 15) is 8.78 Å². The molecular weight excluding hydrogens is 138 g/mol. The third kappa shape index (κ3) is 1.15. The van der Waals surface area contributed by atoms with E-state index in [1.54, 1.807) is 0 Å². The van der Waals surface area contributed by atoms with Crippen LogP contribution in [0.5, 0.6) is 0 Å². The zero-order valence-corrected chi connectivity index (χ0v) is 5.98. The molecule has 10 heavy (non-hydrogen) atoms. The lowest BCUT2D eigenvalue weighted by Gasteiger charge is -2.32. The van der Waals surface area contributed by atoms with Crippen LogP contribution < -0.4 is 0 Å². The summed E-state index contributed by atoms with van der Waals surface area (Å²) < 4.78 is 25.5. The molecule has 0 aromatic rings. The minimum absolute atomic E-state index is 0.247. The van der Waals surface area contributed by atoms with Crippen LogP contribution in [0, 0.1) is 5.92 Å². The Morgan fingerprint density at radius 3 is 2.40 bits per heavy atom. The smallest absolute Gasteiger partial charge is 0.275 e. The maximum atomic E-state index is 12.7. The first-order chi connectivity index (χ1) is 4.55. The molecule has 1 nitrogen and oxygen atoms in total. The minimum Gasteiger partial charge on any atom is -0.387 e. The van der Waals surface area contributed by atoms with Crippen molar-refractivity contribution in [3.63, 3.8) is 0 Å². The summed E-state index contributed by atoms with van der Waals surface area (Å²) in [4.78, 5) is 0. The van der Waals surface area contributed by atoms with Gasteiger partial charge in [-0.15, -0.1) is 0 Å². The third-order valence-corrected chi connectivity index (χ3v) is 2.22. The van der Waals surface area contributed by atoms with E-state index in [-0.39, 0.29) is 6.42 Å². The lowest BCUT2D eigenvalue weighted by molar-refractivity contribution is -0.163. The molecule has 1 aliphatic carbocycles. The summed E-state index contributed by atoms with van der Waals surface area (Å²) in [7, 11) is 0. The van der Waals surface area contributed by atoms with Crippen molar-refractivity contribution in [3.8, 4) is 0 Å². The van der Waals surface area contributed by atoms with E-state index < -0.39 is 17.9 Å². The average molecular weight is 150 g/mol. The van der Waals surface area contributed by atoms with Crippen LogP contribution in [0.4, 0.5) is 8.78 Å². The van der Waals surface area contributed by atoms with Crippen molar-refractivity contribution in [2.45, 2.75) is 38.2 Å². The van der Waals surface area contributed by atoms with Crippen LogP contribution in [0.15, 0.2) is 0 Å². The van der Waals surface area contributed by atoms with Gasteiger partial charge in [0.05, 0.1) is 0 Å². The molecule has 1 fully saturated rings. The molecule has 1 aliphatic rings. The molecule has 0 unspecified atom stereocenters. The normalized spacial score (nSPS) is 39.6. The first-order valence-corrected chi connectivity index (χ1v) is 3.61. The Bertz CT molecular complexity index is 113. The zero-order chi connectivity index (χ0) is 7.78. The Labute approximate surface area is 59.0 Å². The first kappa shape index (κ1) is 7.92. The maximum Gasteiger partial charge on any atom is 0.275 e. The summed E-state index contributed by atoms with van der Waals surface area (Å²) >= 11 is 0. The van der Waals surface area contributed by atoms with E-state index in [1.807, 2.05) is 0 Å². The summed E-state index contributed by atoms with van der Waals surface area (Å²) in [6.45, 7) is 1.49. The van der Waals surface area contributed by atoms with Crippen molar-refractivity contribution >= 4 is 0 Å². The van der Waals surface area contributed by atoms with Crippen molar-refractivity contribution in [2.75, 3.05) is 0 Å². The molecule has 3 heteroatoms. The standard InChI is InChI=1S/C7H12F2O/c1-5-3-2-4-6(10)7(5,8)9/h5-6,10H,2-4H2,1H3/t5-,6-/m1/s1. The van der Waals surface area contributed by atoms with Crippen molar-refractivity contribution in [2.24, 2.45) is 5.92 Å². The van der Waals surface area contributed by atoms with Crippen LogP contribution >= 0.6 is 0 Å². The molecule has 0 aromatic carbocycles. The van der Waals surface area contributed by atoms with Crippen LogP contribution in [-0.4, -0.2) is 17.1 Å². The maximum absolute atomic E-state index is 12.7. The van der Waals surface area contributed by atoms with Crippen molar-refractivity contribution in [1.82, 2.24) is 0 Å². The van der Waals surface area contributed by atoms with E-state index in [1.165, 1.54) is 6.92 Å². The number of hydrogen-bond acceptors (Lipinski definition) is 1. The highest BCUT2D eigenvalue weighted by Crippen LogP contribution is 2.37. The molecule has 0 aliphatic heterocycles. The highest BCUT2D eigenvalue weighted by Gasteiger charge is 2.45. The number of hydrogen-bond donors (Lipinski definition) is 1. The van der Waals surface area contributed by atoms with Crippen LogP contribution in [0.1, 0.15) is 26.2 Å². The average Bonchev–Trinajstić information content (AvgIpc) is 1.84. The van der Waals surface area contributed by atoms with Gasteiger partial charge < -0.3 is 5.11 Å². The SMILES string of the molecule is C[C@@H]1CCC[C@@H](O)C1(F)F. The molecule has 0 heterocycles. The molecule has 0 amide bonds. The molecule has 0 aromatic heterocycles. The van der Waals surface area contributed by atoms with Gasteiger partial charge in [-0.05, 0) is 12.8 Å². The predicted molar refractivity (Wildman–Crippen MR) is 34.0 cm³/mol. The number of halogens is 2. The summed E-state index contributed by atoms with van der Waals surface area (Å²) in [5.41, 5.74) is 0. The molecule has 0 bridgehead atoms. The molecule has 0 radical (unpaired) electrons. The molecule has 0 saturated heterocycles.